The first-order chi connectivity index (χ1) is 8.68. The van der Waals surface area contributed by atoms with Crippen LogP contribution in [0.3, 0.4) is 0 Å². The number of benzene rings is 1. The third-order valence-electron chi connectivity index (χ3n) is 2.19. The molecule has 0 aliphatic carbocycles. The molecule has 0 radical (unpaired) electrons. The summed E-state index contributed by atoms with van der Waals surface area (Å²) in [6.07, 6.45) is -0.808. The normalized spacial score (nSPS) is 12.9. The minimum Gasteiger partial charge on any atom is -0.479 e. The number of carbonyl (C=O) groups excluding carboxylic acids is 1. The van der Waals surface area contributed by atoms with E-state index in [1.807, 2.05) is 0 Å². The van der Waals surface area contributed by atoms with Gasteiger partial charge in [0.05, 0.1) is 5.02 Å². The van der Waals surface area contributed by atoms with Gasteiger partial charge in [0.25, 0.3) is 15.0 Å². The minimum absolute atomic E-state index is 0.0897. The molecule has 0 aliphatic rings. The maximum Gasteiger partial charge on any atom is 0.262 e. The fourth-order valence-electron chi connectivity index (χ4n) is 1.24. The van der Waals surface area contributed by atoms with E-state index < -0.39 is 15.2 Å². The quantitative estimate of drug-likeness (QED) is 0.850. The number of hydrogen-bond donors (Lipinski definition) is 1. The lowest BCUT2D eigenvalue weighted by atomic mass is 10.3. The van der Waals surface area contributed by atoms with Crippen LogP contribution in [-0.4, -0.2) is 27.5 Å². The highest BCUT2D eigenvalue weighted by molar-refractivity contribution is 8.13. The van der Waals surface area contributed by atoms with Gasteiger partial charge >= 0.3 is 0 Å². The smallest absolute Gasteiger partial charge is 0.262 e. The Balaban J connectivity index is 3.14. The number of likely N-dealkylation sites (N-methyl/N-ethyl adjacent to an activating group) is 1. The highest BCUT2D eigenvalue weighted by atomic mass is 35.7. The molecule has 1 amide bonds. The van der Waals surface area contributed by atoms with Crippen molar-refractivity contribution in [2.75, 3.05) is 7.05 Å². The first-order valence-electron chi connectivity index (χ1n) is 4.99. The van der Waals surface area contributed by atoms with Gasteiger partial charge in [0.2, 0.25) is 0 Å². The number of carbonyl (C=O) groups is 1. The van der Waals surface area contributed by atoms with Gasteiger partial charge in [-0.15, -0.1) is 0 Å². The summed E-state index contributed by atoms with van der Waals surface area (Å²) in [6.45, 7) is 1.51. The molecule has 1 unspecified atom stereocenters. The maximum absolute atomic E-state index is 11.3. The summed E-state index contributed by atoms with van der Waals surface area (Å²) >= 11 is 11.7. The molecule has 0 aromatic heterocycles. The Morgan fingerprint density at radius 1 is 1.32 bits per heavy atom. The second kappa shape index (κ2) is 6.17. The first-order valence-corrected chi connectivity index (χ1v) is 8.06. The molecule has 1 rings (SSSR count). The van der Waals surface area contributed by atoms with E-state index in [9.17, 15) is 13.2 Å². The van der Waals surface area contributed by atoms with Gasteiger partial charge in [-0.2, -0.15) is 0 Å². The molecule has 9 heteroatoms. The van der Waals surface area contributed by atoms with Crippen molar-refractivity contribution in [1.29, 1.82) is 0 Å². The fourth-order valence-corrected chi connectivity index (χ4v) is 3.02. The maximum atomic E-state index is 11.3. The topological polar surface area (TPSA) is 72.5 Å². The first kappa shape index (κ1) is 16.4. The van der Waals surface area contributed by atoms with E-state index in [1.54, 1.807) is 0 Å². The number of rotatable bonds is 4. The van der Waals surface area contributed by atoms with E-state index in [4.69, 9.17) is 38.6 Å². The molecule has 106 valence electrons. The Hall–Kier alpha value is -0.690. The van der Waals surface area contributed by atoms with Gasteiger partial charge in [-0.3, -0.25) is 4.79 Å². The number of halogens is 3. The Morgan fingerprint density at radius 2 is 1.89 bits per heavy atom. The Bertz CT molecular complexity index is 603. The molecule has 0 heterocycles. The third kappa shape index (κ3) is 3.89. The van der Waals surface area contributed by atoms with Crippen LogP contribution in [0.5, 0.6) is 5.75 Å². The third-order valence-corrected chi connectivity index (χ3v) is 4.53. The van der Waals surface area contributed by atoms with E-state index in [1.165, 1.54) is 20.0 Å². The van der Waals surface area contributed by atoms with Crippen LogP contribution in [0.25, 0.3) is 0 Å². The van der Waals surface area contributed by atoms with E-state index in [-0.39, 0.29) is 26.6 Å². The zero-order valence-corrected chi connectivity index (χ0v) is 13.0. The summed E-state index contributed by atoms with van der Waals surface area (Å²) in [5.74, 6) is -0.270. The molecule has 0 saturated carbocycles. The predicted molar refractivity (Wildman–Crippen MR) is 73.7 cm³/mol. The molecule has 5 nitrogen and oxygen atoms in total. The van der Waals surface area contributed by atoms with Gasteiger partial charge < -0.3 is 10.1 Å². The van der Waals surface area contributed by atoms with Crippen molar-refractivity contribution in [1.82, 2.24) is 5.32 Å². The van der Waals surface area contributed by atoms with Crippen molar-refractivity contribution >= 4 is 48.8 Å². The van der Waals surface area contributed by atoms with E-state index >= 15 is 0 Å². The summed E-state index contributed by atoms with van der Waals surface area (Å²) in [7, 11) is 2.65. The average molecular weight is 347 g/mol. The van der Waals surface area contributed by atoms with E-state index in [2.05, 4.69) is 5.32 Å². The molecular formula is C10H10Cl3NO4S. The highest BCUT2D eigenvalue weighted by Gasteiger charge is 2.22. The molecule has 0 saturated heterocycles. The second-order valence-corrected chi connectivity index (χ2v) is 6.79. The molecule has 0 fully saturated rings. The molecular weight excluding hydrogens is 337 g/mol. The van der Waals surface area contributed by atoms with Gasteiger partial charge in [-0.25, -0.2) is 8.42 Å². The highest BCUT2D eigenvalue weighted by Crippen LogP contribution is 2.38. The van der Waals surface area contributed by atoms with Crippen molar-refractivity contribution in [3.05, 3.63) is 22.2 Å². The van der Waals surface area contributed by atoms with Crippen LogP contribution in [0.2, 0.25) is 10.0 Å². The van der Waals surface area contributed by atoms with Crippen molar-refractivity contribution in [2.45, 2.75) is 17.9 Å². The molecule has 1 aromatic rings. The van der Waals surface area contributed by atoms with Crippen LogP contribution in [0.4, 0.5) is 0 Å². The number of hydrogen-bond acceptors (Lipinski definition) is 4. The van der Waals surface area contributed by atoms with Crippen LogP contribution in [0.15, 0.2) is 17.0 Å². The molecule has 0 bridgehead atoms. The second-order valence-electron chi connectivity index (χ2n) is 3.50. The SMILES string of the molecule is CNC(=O)C(C)Oc1ccc(S(=O)(=O)Cl)c(Cl)c1Cl. The summed E-state index contributed by atoms with van der Waals surface area (Å²) in [4.78, 5) is 11.0. The zero-order chi connectivity index (χ0) is 14.8. The van der Waals surface area contributed by atoms with Gasteiger partial charge in [0.1, 0.15) is 15.7 Å². The van der Waals surface area contributed by atoms with Crippen LogP contribution in [-0.2, 0) is 13.8 Å². The number of amides is 1. The van der Waals surface area contributed by atoms with E-state index in [0.717, 1.165) is 6.07 Å². The lowest BCUT2D eigenvalue weighted by Gasteiger charge is -2.15. The average Bonchev–Trinajstić information content (AvgIpc) is 2.32. The van der Waals surface area contributed by atoms with Crippen molar-refractivity contribution in [3.63, 3.8) is 0 Å². The van der Waals surface area contributed by atoms with Crippen LogP contribution < -0.4 is 10.1 Å². The molecule has 0 aliphatic heterocycles. The van der Waals surface area contributed by atoms with Gasteiger partial charge in [0.15, 0.2) is 6.10 Å². The molecule has 1 aromatic carbocycles. The predicted octanol–water partition coefficient (Wildman–Crippen LogP) is 2.43. The summed E-state index contributed by atoms with van der Waals surface area (Å²) in [5.41, 5.74) is 0. The number of ether oxygens (including phenoxy) is 1. The van der Waals surface area contributed by atoms with E-state index in [0.29, 0.717) is 0 Å². The van der Waals surface area contributed by atoms with Gasteiger partial charge in [-0.05, 0) is 19.1 Å². The van der Waals surface area contributed by atoms with Crippen molar-refractivity contribution in [2.24, 2.45) is 0 Å². The van der Waals surface area contributed by atoms with Gasteiger partial charge in [-0.1, -0.05) is 23.2 Å². The fraction of sp³-hybridized carbons (Fsp3) is 0.300. The molecule has 19 heavy (non-hydrogen) atoms. The van der Waals surface area contributed by atoms with Crippen LogP contribution in [0.1, 0.15) is 6.92 Å². The minimum atomic E-state index is -4.00. The zero-order valence-electron chi connectivity index (χ0n) is 9.91. The monoisotopic (exact) mass is 345 g/mol. The Labute approximate surface area is 125 Å². The lowest BCUT2D eigenvalue weighted by Crippen LogP contribution is -2.33. The molecule has 1 atom stereocenters. The Morgan fingerprint density at radius 3 is 2.37 bits per heavy atom. The Kier molecular flexibility index (Phi) is 5.32. The van der Waals surface area contributed by atoms with Crippen LogP contribution >= 0.6 is 33.9 Å². The van der Waals surface area contributed by atoms with Gasteiger partial charge in [0, 0.05) is 17.7 Å². The summed E-state index contributed by atoms with van der Waals surface area (Å²) in [6, 6.07) is 2.44. The molecule has 1 N–H and O–H groups in total. The van der Waals surface area contributed by atoms with Crippen LogP contribution in [0, 0.1) is 0 Å². The summed E-state index contributed by atoms with van der Waals surface area (Å²) < 4.78 is 27.7. The summed E-state index contributed by atoms with van der Waals surface area (Å²) in [5, 5.41) is 2.02. The van der Waals surface area contributed by atoms with Crippen molar-refractivity contribution < 1.29 is 17.9 Å². The molecule has 0 spiro atoms. The largest absolute Gasteiger partial charge is 0.479 e. The standard InChI is InChI=1S/C10H10Cl3NO4S/c1-5(10(15)14-2)18-6-3-4-7(19(13,16)17)9(12)8(6)11/h3-5H,1-2H3,(H,14,15). The van der Waals surface area contributed by atoms with Crippen molar-refractivity contribution in [3.8, 4) is 5.75 Å². The number of nitrogens with one attached hydrogen (secondary N) is 1. The lowest BCUT2D eigenvalue weighted by molar-refractivity contribution is -0.126.